The second-order valence-corrected chi connectivity index (χ2v) is 7.62. The maximum Gasteiger partial charge on any atom is 0.354 e. The van der Waals surface area contributed by atoms with Gasteiger partial charge in [-0.05, 0) is 36.5 Å². The molecule has 0 radical (unpaired) electrons. The number of hydrogen-bond donors (Lipinski definition) is 0. The average molecular weight is 336 g/mol. The summed E-state index contributed by atoms with van der Waals surface area (Å²) in [6.07, 6.45) is 5.63. The molecule has 1 fully saturated rings. The number of benzene rings is 1. The third-order valence-electron chi connectivity index (χ3n) is 6.43. The fourth-order valence-electron chi connectivity index (χ4n) is 5.32. The van der Waals surface area contributed by atoms with Gasteiger partial charge in [-0.3, -0.25) is 4.90 Å². The average Bonchev–Trinajstić information content (AvgIpc) is 3.00. The van der Waals surface area contributed by atoms with E-state index in [0.717, 1.165) is 18.5 Å². The number of aromatic nitrogens is 1. The van der Waals surface area contributed by atoms with Crippen LogP contribution in [0.5, 0.6) is 0 Å². The van der Waals surface area contributed by atoms with Crippen LogP contribution in [0.3, 0.4) is 0 Å². The van der Waals surface area contributed by atoms with Gasteiger partial charge in [-0.25, -0.2) is 4.79 Å². The first kappa shape index (κ1) is 15.2. The van der Waals surface area contributed by atoms with E-state index in [0.29, 0.717) is 23.6 Å². The van der Waals surface area contributed by atoms with Crippen LogP contribution in [-0.4, -0.2) is 35.6 Å². The van der Waals surface area contributed by atoms with Crippen molar-refractivity contribution in [2.45, 2.75) is 32.2 Å². The summed E-state index contributed by atoms with van der Waals surface area (Å²) in [5.41, 5.74) is 4.63. The summed E-state index contributed by atoms with van der Waals surface area (Å²) in [6, 6.07) is 8.90. The minimum Gasteiger partial charge on any atom is -0.464 e. The number of nitrogens with zero attached hydrogens (tertiary/aromatic N) is 2. The molecule has 1 saturated heterocycles. The molecule has 0 spiro atoms. The minimum atomic E-state index is -0.224. The molecule has 0 saturated carbocycles. The molecule has 3 aliphatic rings. The van der Waals surface area contributed by atoms with E-state index in [9.17, 15) is 4.79 Å². The molecule has 0 N–H and O–H groups in total. The van der Waals surface area contributed by atoms with Crippen LogP contribution >= 0.6 is 0 Å². The normalized spacial score (nSPS) is 27.8. The SMILES string of the molecule is CC[C@@H]1C[C@H]2C=C(C(=O)OC)n3c4c(c5ccccc53)CCN(C1)[C@H]42. The number of fused-ring (bicyclic) bond motifs is 3. The van der Waals surface area contributed by atoms with Crippen LogP contribution in [-0.2, 0) is 16.0 Å². The van der Waals surface area contributed by atoms with E-state index >= 15 is 0 Å². The summed E-state index contributed by atoms with van der Waals surface area (Å²) in [4.78, 5) is 15.2. The van der Waals surface area contributed by atoms with Crippen LogP contribution in [0.1, 0.15) is 37.1 Å². The second kappa shape index (κ2) is 5.46. The molecule has 4 heterocycles. The van der Waals surface area contributed by atoms with Crippen molar-refractivity contribution in [3.63, 3.8) is 0 Å². The Labute approximate surface area is 148 Å². The van der Waals surface area contributed by atoms with E-state index in [1.54, 1.807) is 0 Å². The smallest absolute Gasteiger partial charge is 0.354 e. The Morgan fingerprint density at radius 1 is 1.32 bits per heavy atom. The Balaban J connectivity index is 1.79. The number of piperidine rings is 1. The maximum absolute atomic E-state index is 12.6. The zero-order chi connectivity index (χ0) is 17.1. The molecule has 130 valence electrons. The first-order valence-electron chi connectivity index (χ1n) is 9.39. The lowest BCUT2D eigenvalue weighted by atomic mass is 9.76. The van der Waals surface area contributed by atoms with Crippen molar-refractivity contribution < 1.29 is 9.53 Å². The fourth-order valence-corrected chi connectivity index (χ4v) is 5.32. The Kier molecular flexibility index (Phi) is 3.32. The number of methoxy groups -OCH3 is 1. The lowest BCUT2D eigenvalue weighted by Crippen LogP contribution is -2.48. The second-order valence-electron chi connectivity index (χ2n) is 7.62. The third-order valence-corrected chi connectivity index (χ3v) is 6.43. The summed E-state index contributed by atoms with van der Waals surface area (Å²) in [7, 11) is 1.48. The van der Waals surface area contributed by atoms with Crippen LogP contribution in [0.25, 0.3) is 16.6 Å². The van der Waals surface area contributed by atoms with Gasteiger partial charge in [-0.15, -0.1) is 0 Å². The van der Waals surface area contributed by atoms with Gasteiger partial charge < -0.3 is 9.30 Å². The molecule has 1 aromatic heterocycles. The Hall–Kier alpha value is -2.07. The van der Waals surface area contributed by atoms with Gasteiger partial charge in [0.05, 0.1) is 18.7 Å². The van der Waals surface area contributed by atoms with E-state index in [-0.39, 0.29) is 5.97 Å². The molecule has 3 atom stereocenters. The van der Waals surface area contributed by atoms with E-state index < -0.39 is 0 Å². The highest BCUT2D eigenvalue weighted by Gasteiger charge is 2.45. The molecule has 2 aromatic rings. The molecule has 0 aliphatic carbocycles. The Morgan fingerprint density at radius 2 is 2.16 bits per heavy atom. The highest BCUT2D eigenvalue weighted by molar-refractivity contribution is 6.13. The summed E-state index contributed by atoms with van der Waals surface area (Å²) < 4.78 is 7.33. The molecule has 4 nitrogen and oxygen atoms in total. The van der Waals surface area contributed by atoms with Crippen molar-refractivity contribution in [1.29, 1.82) is 0 Å². The molecule has 3 aliphatic heterocycles. The number of carbonyl (C=O) groups excluding carboxylic acids is 1. The van der Waals surface area contributed by atoms with E-state index in [4.69, 9.17) is 4.74 Å². The predicted octanol–water partition coefficient (Wildman–Crippen LogP) is 3.61. The monoisotopic (exact) mass is 336 g/mol. The van der Waals surface area contributed by atoms with Gasteiger partial charge in [-0.2, -0.15) is 0 Å². The molecule has 4 heteroatoms. The summed E-state index contributed by atoms with van der Waals surface area (Å²) in [5.74, 6) is 0.898. The van der Waals surface area contributed by atoms with Crippen molar-refractivity contribution in [2.75, 3.05) is 20.2 Å². The van der Waals surface area contributed by atoms with Gasteiger partial charge in [0.15, 0.2) is 0 Å². The fraction of sp³-hybridized carbons (Fsp3) is 0.476. The first-order valence-corrected chi connectivity index (χ1v) is 9.39. The lowest BCUT2D eigenvalue weighted by molar-refractivity contribution is -0.134. The van der Waals surface area contributed by atoms with Crippen molar-refractivity contribution in [3.05, 3.63) is 41.6 Å². The predicted molar refractivity (Wildman–Crippen MR) is 98.1 cm³/mol. The van der Waals surface area contributed by atoms with Gasteiger partial charge in [0.1, 0.15) is 5.70 Å². The van der Waals surface area contributed by atoms with Gasteiger partial charge >= 0.3 is 5.97 Å². The van der Waals surface area contributed by atoms with Crippen molar-refractivity contribution in [1.82, 2.24) is 9.47 Å². The number of para-hydroxylation sites is 1. The van der Waals surface area contributed by atoms with Crippen LogP contribution < -0.4 is 0 Å². The highest BCUT2D eigenvalue weighted by atomic mass is 16.5. The van der Waals surface area contributed by atoms with E-state index in [1.165, 1.54) is 43.1 Å². The summed E-state index contributed by atoms with van der Waals surface area (Å²) in [6.45, 7) is 4.59. The first-order chi connectivity index (χ1) is 12.2. The quantitative estimate of drug-likeness (QED) is 0.786. The molecule has 0 bridgehead atoms. The number of esters is 1. The highest BCUT2D eigenvalue weighted by Crippen LogP contribution is 2.50. The summed E-state index contributed by atoms with van der Waals surface area (Å²) >= 11 is 0. The van der Waals surface area contributed by atoms with Gasteiger partial charge in [0.25, 0.3) is 0 Å². The lowest BCUT2D eigenvalue weighted by Gasteiger charge is -2.48. The number of hydrogen-bond acceptors (Lipinski definition) is 3. The van der Waals surface area contributed by atoms with Gasteiger partial charge in [0.2, 0.25) is 0 Å². The van der Waals surface area contributed by atoms with Gasteiger partial charge in [-0.1, -0.05) is 31.5 Å². The molecule has 0 amide bonds. The van der Waals surface area contributed by atoms with Crippen molar-refractivity contribution in [3.8, 4) is 0 Å². The third kappa shape index (κ3) is 2.00. The molecular formula is C21H24N2O2. The summed E-state index contributed by atoms with van der Waals surface area (Å²) in [5, 5.41) is 1.30. The number of carbonyl (C=O) groups is 1. The largest absolute Gasteiger partial charge is 0.464 e. The number of rotatable bonds is 2. The molecule has 5 rings (SSSR count). The van der Waals surface area contributed by atoms with Crippen LogP contribution in [0.2, 0.25) is 0 Å². The van der Waals surface area contributed by atoms with Crippen LogP contribution in [0.4, 0.5) is 0 Å². The zero-order valence-electron chi connectivity index (χ0n) is 14.9. The Bertz CT molecular complexity index is 895. The minimum absolute atomic E-state index is 0.224. The Morgan fingerprint density at radius 3 is 2.96 bits per heavy atom. The van der Waals surface area contributed by atoms with Crippen molar-refractivity contribution in [2.24, 2.45) is 11.8 Å². The van der Waals surface area contributed by atoms with Gasteiger partial charge in [0, 0.05) is 30.1 Å². The van der Waals surface area contributed by atoms with Crippen LogP contribution in [0, 0.1) is 11.8 Å². The number of ether oxygens (including phenoxy) is 1. The van der Waals surface area contributed by atoms with E-state index in [1.807, 2.05) is 0 Å². The zero-order valence-corrected chi connectivity index (χ0v) is 14.9. The molecule has 25 heavy (non-hydrogen) atoms. The standard InChI is InChI=1S/C21H24N2O2/c1-3-13-10-14-11-18(21(24)25-2)23-17-7-5-4-6-15(17)16-8-9-22(12-13)19(14)20(16)23/h4-7,11,13-14,19H,3,8-10,12H2,1-2H3/t13-,14+,19+/m1/s1. The van der Waals surface area contributed by atoms with Crippen LogP contribution in [0.15, 0.2) is 30.3 Å². The topological polar surface area (TPSA) is 34.5 Å². The molecule has 1 aromatic carbocycles. The molecular weight excluding hydrogens is 312 g/mol. The molecule has 0 unspecified atom stereocenters. The van der Waals surface area contributed by atoms with E-state index in [2.05, 4.69) is 46.7 Å². The maximum atomic E-state index is 12.6. The van der Waals surface area contributed by atoms with Crippen molar-refractivity contribution >= 4 is 22.6 Å².